The molecule has 0 bridgehead atoms. The number of aromatic nitrogens is 4. The summed E-state index contributed by atoms with van der Waals surface area (Å²) in [7, 11) is 3.29. The molecule has 1 unspecified atom stereocenters. The summed E-state index contributed by atoms with van der Waals surface area (Å²) in [5, 5.41) is 14.9. The van der Waals surface area contributed by atoms with Gasteiger partial charge in [0, 0.05) is 30.6 Å². The van der Waals surface area contributed by atoms with E-state index in [0.717, 1.165) is 6.07 Å². The van der Waals surface area contributed by atoms with E-state index in [1.165, 1.54) is 11.0 Å². The molecule has 4 heterocycles. The first-order valence-corrected chi connectivity index (χ1v) is 10.9. The quantitative estimate of drug-likeness (QED) is 0.461. The summed E-state index contributed by atoms with van der Waals surface area (Å²) in [5.41, 5.74) is 7.62. The van der Waals surface area contributed by atoms with Crippen LogP contribution in [0.15, 0.2) is 30.5 Å². The largest absolute Gasteiger partial charge is 0.433 e. The van der Waals surface area contributed by atoms with Gasteiger partial charge in [0.1, 0.15) is 11.5 Å². The number of halogens is 3. The van der Waals surface area contributed by atoms with Crippen molar-refractivity contribution in [3.05, 3.63) is 58.5 Å². The molecule has 36 heavy (non-hydrogen) atoms. The van der Waals surface area contributed by atoms with Gasteiger partial charge < -0.3 is 15.4 Å². The van der Waals surface area contributed by atoms with Crippen LogP contribution in [0.4, 0.5) is 19.0 Å². The van der Waals surface area contributed by atoms with Gasteiger partial charge in [0.2, 0.25) is 0 Å². The van der Waals surface area contributed by atoms with Crippen molar-refractivity contribution in [2.75, 3.05) is 19.4 Å². The minimum Gasteiger partial charge on any atom is -0.383 e. The Bertz CT molecular complexity index is 1570. The molecule has 4 aromatic rings. The summed E-state index contributed by atoms with van der Waals surface area (Å²) in [6.45, 7) is 0.00647. The van der Waals surface area contributed by atoms with Crippen LogP contribution in [0, 0.1) is 11.3 Å². The number of ether oxygens (including phenoxy) is 1. The molecule has 1 aliphatic rings. The van der Waals surface area contributed by atoms with Gasteiger partial charge >= 0.3 is 6.18 Å². The number of benzene rings is 1. The van der Waals surface area contributed by atoms with E-state index in [0.29, 0.717) is 32.9 Å². The van der Waals surface area contributed by atoms with E-state index in [4.69, 9.17) is 10.5 Å². The lowest BCUT2D eigenvalue weighted by molar-refractivity contribution is -0.141. The van der Waals surface area contributed by atoms with Crippen molar-refractivity contribution in [2.45, 2.75) is 25.2 Å². The molecule has 0 aliphatic carbocycles. The standard InChI is InChI=1S/C24H20F3N7O2/c1-33(19-11-36-10-18-13(19)3-4-20(31-18)24(25,26)27)23(35)14-8-15-17(7-12(14)5-6-28)32-22(29)16-9-30-34(2)21(15)16/h3-4,7-9,19H,5,10-11H2,1-2H3,(H2,29,32). The van der Waals surface area contributed by atoms with E-state index >= 15 is 0 Å². The van der Waals surface area contributed by atoms with Gasteiger partial charge in [-0.1, -0.05) is 6.07 Å². The number of likely N-dealkylation sites (N-methyl/N-ethyl adjacent to an activating group) is 1. The van der Waals surface area contributed by atoms with Crippen LogP contribution in [0.3, 0.4) is 0 Å². The molecular weight excluding hydrogens is 475 g/mol. The number of nitrogens with two attached hydrogens (primary N) is 1. The monoisotopic (exact) mass is 495 g/mol. The first kappa shape index (κ1) is 23.5. The Balaban J connectivity index is 1.60. The van der Waals surface area contributed by atoms with Crippen molar-refractivity contribution < 1.29 is 22.7 Å². The Kier molecular flexibility index (Phi) is 5.52. The van der Waals surface area contributed by atoms with Crippen LogP contribution in [0.1, 0.15) is 38.9 Å². The molecular formula is C24H20F3N7O2. The highest BCUT2D eigenvalue weighted by atomic mass is 19.4. The van der Waals surface area contributed by atoms with E-state index in [1.807, 2.05) is 0 Å². The van der Waals surface area contributed by atoms with Crippen LogP contribution in [-0.2, 0) is 31.0 Å². The highest BCUT2D eigenvalue weighted by Gasteiger charge is 2.36. The molecule has 2 N–H and O–H groups in total. The van der Waals surface area contributed by atoms with Gasteiger partial charge in [-0.25, -0.2) is 9.97 Å². The first-order valence-electron chi connectivity index (χ1n) is 10.9. The number of carbonyl (C=O) groups excluding carboxylic acids is 1. The molecule has 0 fully saturated rings. The maximum Gasteiger partial charge on any atom is 0.433 e. The molecule has 1 aliphatic heterocycles. The fraction of sp³-hybridized carbons (Fsp3) is 0.292. The van der Waals surface area contributed by atoms with Crippen molar-refractivity contribution in [1.82, 2.24) is 24.6 Å². The van der Waals surface area contributed by atoms with Gasteiger partial charge in [-0.15, -0.1) is 0 Å². The second-order valence-electron chi connectivity index (χ2n) is 8.57. The van der Waals surface area contributed by atoms with Crippen molar-refractivity contribution in [3.63, 3.8) is 0 Å². The molecule has 3 aromatic heterocycles. The van der Waals surface area contributed by atoms with Gasteiger partial charge in [0.15, 0.2) is 0 Å². The Hall–Kier alpha value is -4.24. The summed E-state index contributed by atoms with van der Waals surface area (Å²) in [4.78, 5) is 23.3. The predicted molar refractivity (Wildman–Crippen MR) is 123 cm³/mol. The van der Waals surface area contributed by atoms with Gasteiger partial charge in [-0.05, 0) is 23.8 Å². The lowest BCUT2D eigenvalue weighted by Crippen LogP contribution is -2.37. The molecule has 184 valence electrons. The average Bonchev–Trinajstić information content (AvgIpc) is 3.24. The summed E-state index contributed by atoms with van der Waals surface area (Å²) in [6, 6.07) is 6.96. The molecule has 1 amide bonds. The minimum absolute atomic E-state index is 0.0515. The second kappa shape index (κ2) is 8.46. The highest BCUT2D eigenvalue weighted by molar-refractivity contribution is 6.10. The van der Waals surface area contributed by atoms with E-state index in [2.05, 4.69) is 21.1 Å². The molecule has 1 aromatic carbocycles. The third-order valence-corrected chi connectivity index (χ3v) is 6.39. The number of nitrogens with zero attached hydrogens (tertiary/aromatic N) is 6. The summed E-state index contributed by atoms with van der Waals surface area (Å²) < 4.78 is 46.5. The SMILES string of the molecule is CN(C(=O)c1cc2c(cc1CC#N)nc(N)c1cnn(C)c12)C1COCc2nc(C(F)(F)F)ccc21. The number of hydrogen-bond acceptors (Lipinski definition) is 7. The van der Waals surface area contributed by atoms with Crippen molar-refractivity contribution in [3.8, 4) is 6.07 Å². The molecule has 0 spiro atoms. The third-order valence-electron chi connectivity index (χ3n) is 6.39. The fourth-order valence-electron chi connectivity index (χ4n) is 4.58. The van der Waals surface area contributed by atoms with Crippen LogP contribution >= 0.6 is 0 Å². The summed E-state index contributed by atoms with van der Waals surface area (Å²) >= 11 is 0. The number of rotatable bonds is 3. The lowest BCUT2D eigenvalue weighted by Gasteiger charge is -2.33. The zero-order valence-electron chi connectivity index (χ0n) is 19.3. The first-order chi connectivity index (χ1) is 17.1. The van der Waals surface area contributed by atoms with Crippen molar-refractivity contribution in [1.29, 1.82) is 5.26 Å². The molecule has 12 heteroatoms. The van der Waals surface area contributed by atoms with Gasteiger partial charge in [-0.2, -0.15) is 23.5 Å². The smallest absolute Gasteiger partial charge is 0.383 e. The predicted octanol–water partition coefficient (Wildman–Crippen LogP) is 3.53. The molecule has 1 atom stereocenters. The molecule has 0 saturated heterocycles. The average molecular weight is 495 g/mol. The van der Waals surface area contributed by atoms with Crippen molar-refractivity contribution >= 4 is 33.5 Å². The molecule has 9 nitrogen and oxygen atoms in total. The Morgan fingerprint density at radius 2 is 2.08 bits per heavy atom. The molecule has 0 saturated carbocycles. The number of amides is 1. The number of anilines is 1. The van der Waals surface area contributed by atoms with E-state index in [9.17, 15) is 23.2 Å². The minimum atomic E-state index is -4.59. The zero-order valence-corrected chi connectivity index (χ0v) is 19.3. The number of fused-ring (bicyclic) bond motifs is 4. The van der Waals surface area contributed by atoms with Crippen LogP contribution < -0.4 is 5.73 Å². The van der Waals surface area contributed by atoms with Gasteiger partial charge in [-0.3, -0.25) is 9.48 Å². The topological polar surface area (TPSA) is 123 Å². The molecule has 0 radical (unpaired) electrons. The van der Waals surface area contributed by atoms with E-state index in [1.54, 1.807) is 37.1 Å². The maximum atomic E-state index is 13.7. The van der Waals surface area contributed by atoms with Crippen LogP contribution in [0.2, 0.25) is 0 Å². The second-order valence-corrected chi connectivity index (χ2v) is 8.57. The number of aryl methyl sites for hydroxylation is 1. The fourth-order valence-corrected chi connectivity index (χ4v) is 4.58. The number of pyridine rings is 2. The number of nitriles is 1. The number of nitrogen functional groups attached to an aromatic ring is 1. The van der Waals surface area contributed by atoms with Gasteiger partial charge in [0.25, 0.3) is 5.91 Å². The Morgan fingerprint density at radius 3 is 2.81 bits per heavy atom. The van der Waals surface area contributed by atoms with Gasteiger partial charge in [0.05, 0.1) is 60.1 Å². The maximum absolute atomic E-state index is 13.7. The van der Waals surface area contributed by atoms with Crippen LogP contribution in [0.5, 0.6) is 0 Å². The number of alkyl halides is 3. The normalized spacial score (nSPS) is 15.6. The highest BCUT2D eigenvalue weighted by Crippen LogP contribution is 2.35. The zero-order chi connectivity index (χ0) is 25.8. The lowest BCUT2D eigenvalue weighted by atomic mass is 9.97. The number of carbonyl (C=O) groups is 1. The van der Waals surface area contributed by atoms with E-state index in [-0.39, 0.29) is 36.7 Å². The van der Waals surface area contributed by atoms with Crippen molar-refractivity contribution in [2.24, 2.45) is 7.05 Å². The van der Waals surface area contributed by atoms with E-state index < -0.39 is 23.8 Å². The Morgan fingerprint density at radius 1 is 1.31 bits per heavy atom. The van der Waals surface area contributed by atoms with Crippen LogP contribution in [-0.4, -0.2) is 44.2 Å². The summed E-state index contributed by atoms with van der Waals surface area (Å²) in [6.07, 6.45) is -3.05. The third kappa shape index (κ3) is 3.77. The molecule has 5 rings (SSSR count). The van der Waals surface area contributed by atoms with Crippen LogP contribution in [0.25, 0.3) is 21.8 Å². The summed E-state index contributed by atoms with van der Waals surface area (Å²) in [5.74, 6) is -0.137. The Labute approximate surface area is 202 Å². The number of hydrogen-bond donors (Lipinski definition) is 1.